The van der Waals surface area contributed by atoms with Crippen molar-refractivity contribution in [2.45, 2.75) is 71.2 Å². The number of nitrogens with zero attached hydrogens (tertiary/aromatic N) is 3. The van der Waals surface area contributed by atoms with E-state index in [1.807, 2.05) is 74.5 Å². The van der Waals surface area contributed by atoms with Crippen molar-refractivity contribution in [2.24, 2.45) is 5.92 Å². The van der Waals surface area contributed by atoms with Gasteiger partial charge in [-0.2, -0.15) is 9.80 Å². The van der Waals surface area contributed by atoms with Crippen molar-refractivity contribution in [2.75, 3.05) is 27.2 Å². The highest BCUT2D eigenvalue weighted by atomic mass is 16.6. The van der Waals surface area contributed by atoms with Gasteiger partial charge in [-0.05, 0) is 58.9 Å². The first kappa shape index (κ1) is 46.0. The molecule has 15 nitrogen and oxygen atoms in total. The third-order valence-corrected chi connectivity index (χ3v) is 10.1. The first-order valence-corrected chi connectivity index (χ1v) is 20.5. The maximum absolute atomic E-state index is 14.0. The maximum Gasteiger partial charge on any atom is 0.479 e. The molecule has 0 aliphatic carbocycles. The monoisotopic (exact) mass is 848 g/mol. The summed E-state index contributed by atoms with van der Waals surface area (Å²) in [6.45, 7) is 3.06. The number of phenolic OH excluding ortho intramolecular Hbond substituents is 1. The summed E-state index contributed by atoms with van der Waals surface area (Å²) in [5, 5.41) is 12.3. The molecule has 2 bridgehead atoms. The predicted octanol–water partition coefficient (Wildman–Crippen LogP) is 4.67. The minimum absolute atomic E-state index is 0.0182. The van der Waals surface area contributed by atoms with Crippen LogP contribution in [0.15, 0.2) is 109 Å². The van der Waals surface area contributed by atoms with Gasteiger partial charge >= 0.3 is 24.1 Å². The van der Waals surface area contributed by atoms with Crippen molar-refractivity contribution < 1.29 is 53.1 Å². The number of hydrogen-bond donors (Lipinski definition) is 3. The molecule has 2 atom stereocenters. The zero-order valence-corrected chi connectivity index (χ0v) is 35.5. The Bertz CT molecular complexity index is 2180. The molecular weight excluding hydrogens is 795 g/mol. The number of likely N-dealkylation sites (N-methyl/N-ethyl adjacent to an activating group) is 1. The van der Waals surface area contributed by atoms with Gasteiger partial charge in [0, 0.05) is 32.7 Å². The number of aromatic hydroxyl groups is 1. The van der Waals surface area contributed by atoms with Gasteiger partial charge < -0.3 is 29.5 Å². The Morgan fingerprint density at radius 1 is 0.871 bits per heavy atom. The Balaban J connectivity index is 1.51. The average molecular weight is 849 g/mol. The zero-order valence-electron chi connectivity index (χ0n) is 35.5. The van der Waals surface area contributed by atoms with Gasteiger partial charge in [0.1, 0.15) is 49.1 Å². The van der Waals surface area contributed by atoms with Crippen LogP contribution in [0, 0.1) is 5.92 Å². The number of Topliss-reactive ketones (excluding diaryl/α,β-unsaturated/α-hetero) is 1. The van der Waals surface area contributed by atoms with Gasteiger partial charge in [-0.15, -0.1) is 0 Å². The predicted molar refractivity (Wildman–Crippen MR) is 228 cm³/mol. The Hall–Kier alpha value is -7.03. The number of ketones is 1. The van der Waals surface area contributed by atoms with Crippen LogP contribution in [0.25, 0.3) is 0 Å². The Morgan fingerprint density at radius 3 is 2.18 bits per heavy atom. The molecule has 15 heteroatoms. The largest absolute Gasteiger partial charge is 0.508 e. The van der Waals surface area contributed by atoms with E-state index in [0.717, 1.165) is 16.0 Å². The van der Waals surface area contributed by atoms with Gasteiger partial charge in [-0.3, -0.25) is 19.4 Å². The fourth-order valence-corrected chi connectivity index (χ4v) is 6.77. The van der Waals surface area contributed by atoms with E-state index in [1.54, 1.807) is 24.3 Å². The molecule has 62 heavy (non-hydrogen) atoms. The molecule has 3 N–H and O–H groups in total. The van der Waals surface area contributed by atoms with Crippen molar-refractivity contribution in [1.82, 2.24) is 20.0 Å². The van der Waals surface area contributed by atoms with Crippen molar-refractivity contribution in [3.05, 3.63) is 131 Å². The molecule has 0 saturated carbocycles. The smallest absolute Gasteiger partial charge is 0.479 e. The van der Waals surface area contributed by atoms with Gasteiger partial charge in [0.2, 0.25) is 11.8 Å². The lowest BCUT2D eigenvalue weighted by molar-refractivity contribution is -0.520. The molecule has 4 aromatic carbocycles. The summed E-state index contributed by atoms with van der Waals surface area (Å²) in [6.07, 6.45) is -1.78. The minimum atomic E-state index is -1.09. The number of phenols is 1. The first-order chi connectivity index (χ1) is 29.8. The zero-order chi connectivity index (χ0) is 44.6. The van der Waals surface area contributed by atoms with Crippen molar-refractivity contribution in [1.29, 1.82) is 0 Å². The molecule has 326 valence electrons. The minimum Gasteiger partial charge on any atom is -0.508 e. The quantitative estimate of drug-likeness (QED) is 0.158. The van der Waals surface area contributed by atoms with Crippen molar-refractivity contribution in [3.8, 4) is 11.5 Å². The molecule has 2 aliphatic heterocycles. The van der Waals surface area contributed by atoms with E-state index in [9.17, 15) is 33.9 Å². The Kier molecular flexibility index (Phi) is 16.7. The normalized spacial score (nSPS) is 16.4. The molecular formula is C47H54N5O10+. The summed E-state index contributed by atoms with van der Waals surface area (Å²) >= 11 is 0. The van der Waals surface area contributed by atoms with E-state index in [-0.39, 0.29) is 81.0 Å². The van der Waals surface area contributed by atoms with Crippen LogP contribution in [0.5, 0.6) is 11.5 Å². The van der Waals surface area contributed by atoms with E-state index >= 15 is 0 Å². The Labute approximate surface area is 361 Å². The molecule has 0 saturated heterocycles. The maximum atomic E-state index is 14.0. The van der Waals surface area contributed by atoms with Crippen LogP contribution in [-0.4, -0.2) is 94.7 Å². The number of amides is 4. The number of fused-ring (bicyclic) bond motifs is 17. The molecule has 0 spiro atoms. The third kappa shape index (κ3) is 13.5. The summed E-state index contributed by atoms with van der Waals surface area (Å²) in [4.78, 5) is 89.4. The number of rotatable bonds is 9. The molecule has 0 radical (unpaired) electrons. The lowest BCUT2D eigenvalue weighted by Gasteiger charge is -2.30. The first-order valence-electron chi connectivity index (χ1n) is 20.5. The van der Waals surface area contributed by atoms with E-state index in [4.69, 9.17) is 14.2 Å². The lowest BCUT2D eigenvalue weighted by atomic mass is 9.99. The number of esters is 1. The summed E-state index contributed by atoms with van der Waals surface area (Å²) in [5.41, 5.74) is 2.69. The van der Waals surface area contributed by atoms with Crippen LogP contribution in [0.4, 0.5) is 9.59 Å². The SMILES string of the molecule is CNC(=O)C(Cc1ccccc1)N1CC(=O)Oc2ccc(cc2)COC(=O)N(C)C(N(CC(C)C)C(=O)OCc2ccc(O)cc2)=[NH+]C(c2ccccc2)CCC(=O)CCC1=O. The molecule has 2 unspecified atom stereocenters. The van der Waals surface area contributed by atoms with Gasteiger partial charge in [-0.1, -0.05) is 98.8 Å². The number of nitrogens with one attached hydrogen (secondary N) is 2. The number of carbonyl (C=O) groups excluding carboxylic acids is 6. The molecule has 4 amide bonds. The molecule has 0 fully saturated rings. The lowest BCUT2D eigenvalue weighted by Crippen LogP contribution is -2.81. The van der Waals surface area contributed by atoms with Crippen LogP contribution in [-0.2, 0) is 48.3 Å². The standard InChI is InChI=1S/C47H53N5O10/c1-32(2)28-52(47(59)61-31-34-15-19-37(53)20-16-34)45-49-40(36-13-9-6-10-14-36)25-21-38(54)22-26-42(55)51(41(44(57)48-3)27-33-11-7-5-8-12-33)29-43(56)62-39-23-17-35(18-24-39)30-60-46(58)50(45)4/h5-20,23-24,32,40-41,53H,21-22,25-31H2,1-4H3,(H,48,57)/p+1. The number of hydrogen-bond acceptors (Lipinski definition) is 10. The number of carbonyl (C=O) groups is 6. The van der Waals surface area contributed by atoms with Crippen LogP contribution in [0.2, 0.25) is 0 Å². The number of benzene rings is 4. The third-order valence-electron chi connectivity index (χ3n) is 10.1. The van der Waals surface area contributed by atoms with Gasteiger partial charge in [0.25, 0.3) is 0 Å². The second-order valence-electron chi connectivity index (χ2n) is 15.3. The molecule has 0 aromatic heterocycles. The molecule has 2 aliphatic rings. The van der Waals surface area contributed by atoms with Crippen molar-refractivity contribution in [3.63, 3.8) is 0 Å². The second kappa shape index (κ2) is 22.5. The molecule has 4 aromatic rings. The van der Waals surface area contributed by atoms with Crippen LogP contribution in [0.1, 0.15) is 67.8 Å². The summed E-state index contributed by atoms with van der Waals surface area (Å²) in [7, 11) is 2.90. The topological polar surface area (TPSA) is 186 Å². The van der Waals surface area contributed by atoms with E-state index in [2.05, 4.69) is 10.3 Å². The van der Waals surface area contributed by atoms with Crippen LogP contribution in [0.3, 0.4) is 0 Å². The Morgan fingerprint density at radius 2 is 1.53 bits per heavy atom. The van der Waals surface area contributed by atoms with E-state index in [0.29, 0.717) is 11.1 Å². The fourth-order valence-electron chi connectivity index (χ4n) is 6.77. The highest BCUT2D eigenvalue weighted by molar-refractivity contribution is 5.98. The van der Waals surface area contributed by atoms with Crippen LogP contribution < -0.4 is 15.0 Å². The summed E-state index contributed by atoms with van der Waals surface area (Å²) in [6, 6.07) is 29.0. The number of ether oxygens (including phenoxy) is 3. The van der Waals surface area contributed by atoms with E-state index in [1.165, 1.54) is 48.2 Å². The highest BCUT2D eigenvalue weighted by Gasteiger charge is 2.38. The van der Waals surface area contributed by atoms with Gasteiger partial charge in [-0.25, -0.2) is 14.4 Å². The van der Waals surface area contributed by atoms with E-state index < -0.39 is 48.6 Å². The summed E-state index contributed by atoms with van der Waals surface area (Å²) < 4.78 is 17.1. The number of guanidine groups is 1. The average Bonchev–Trinajstić information content (AvgIpc) is 3.28. The summed E-state index contributed by atoms with van der Waals surface area (Å²) in [5.74, 6) is -1.99. The van der Waals surface area contributed by atoms with Crippen LogP contribution >= 0.6 is 0 Å². The van der Waals surface area contributed by atoms with Gasteiger partial charge in [0.05, 0.1) is 13.6 Å². The second-order valence-corrected chi connectivity index (χ2v) is 15.3. The molecule has 2 heterocycles. The molecule has 6 rings (SSSR count). The van der Waals surface area contributed by atoms with Gasteiger partial charge in [0.15, 0.2) is 0 Å². The van der Waals surface area contributed by atoms with Crippen molar-refractivity contribution >= 4 is 41.7 Å². The fraction of sp³-hybridized carbons (Fsp3) is 0.340. The highest BCUT2D eigenvalue weighted by Crippen LogP contribution is 2.20.